The molecule has 0 aromatic heterocycles. The van der Waals surface area contributed by atoms with Crippen molar-refractivity contribution in [3.8, 4) is 0 Å². The van der Waals surface area contributed by atoms with Crippen LogP contribution in [-0.4, -0.2) is 18.1 Å². The van der Waals surface area contributed by atoms with Gasteiger partial charge in [0.1, 0.15) is 0 Å². The summed E-state index contributed by atoms with van der Waals surface area (Å²) in [5.74, 6) is -0.685. The van der Waals surface area contributed by atoms with Crippen LogP contribution < -0.4 is 4.90 Å². The summed E-state index contributed by atoms with van der Waals surface area (Å²) in [5, 5.41) is -1.06. The molecule has 0 saturated carbocycles. The van der Waals surface area contributed by atoms with Crippen LogP contribution in [-0.2, 0) is 15.7 Å². The quantitative estimate of drug-likeness (QED) is 0.372. The van der Waals surface area contributed by atoms with Crippen LogP contribution in [0.15, 0.2) is 24.3 Å². The van der Waals surface area contributed by atoms with E-state index in [1.165, 1.54) is 6.07 Å². The van der Waals surface area contributed by atoms with Crippen LogP contribution >= 0.6 is 11.6 Å². The molecule has 19 heavy (non-hydrogen) atoms. The van der Waals surface area contributed by atoms with E-state index in [0.717, 1.165) is 25.1 Å². The van der Waals surface area contributed by atoms with Crippen LogP contribution in [0.1, 0.15) is 12.5 Å². The van der Waals surface area contributed by atoms with E-state index >= 15 is 0 Å². The number of nitrogens with zero attached hydrogens (tertiary/aromatic N) is 1. The average molecular weight is 296 g/mol. The minimum atomic E-state index is -4.54. The molecular weight excluding hydrogens is 287 g/mol. The van der Waals surface area contributed by atoms with Crippen molar-refractivity contribution < 1.29 is 27.5 Å². The van der Waals surface area contributed by atoms with Gasteiger partial charge in [0.15, 0.2) is 6.73 Å². The summed E-state index contributed by atoms with van der Waals surface area (Å²) in [6.45, 7) is 0.544. The first-order chi connectivity index (χ1) is 8.71. The van der Waals surface area contributed by atoms with E-state index < -0.39 is 29.8 Å². The molecule has 0 aliphatic rings. The summed E-state index contributed by atoms with van der Waals surface area (Å²) in [6, 6.07) is 3.97. The summed E-state index contributed by atoms with van der Waals surface area (Å²) < 4.78 is 42.1. The fourth-order valence-corrected chi connectivity index (χ4v) is 1.38. The minimum Gasteiger partial charge on any atom is -0.444 e. The summed E-state index contributed by atoms with van der Waals surface area (Å²) in [6.07, 6.45) is -4.54. The number of carbonyl (C=O) groups is 2. The van der Waals surface area contributed by atoms with Crippen molar-refractivity contribution in [1.82, 2.24) is 0 Å². The third kappa shape index (κ3) is 4.44. The first-order valence-corrected chi connectivity index (χ1v) is 5.37. The molecule has 4 nitrogen and oxygen atoms in total. The van der Waals surface area contributed by atoms with Gasteiger partial charge in [-0.1, -0.05) is 6.07 Å². The molecule has 0 atom stereocenters. The molecule has 1 rings (SSSR count). The third-order valence-electron chi connectivity index (χ3n) is 2.09. The van der Waals surface area contributed by atoms with E-state index in [4.69, 9.17) is 11.6 Å². The van der Waals surface area contributed by atoms with Gasteiger partial charge in [-0.05, 0) is 29.8 Å². The Morgan fingerprint density at radius 3 is 2.47 bits per heavy atom. The number of anilines is 1. The second-order valence-corrected chi connectivity index (χ2v) is 3.82. The van der Waals surface area contributed by atoms with Gasteiger partial charge < -0.3 is 4.74 Å². The highest BCUT2D eigenvalue weighted by molar-refractivity contribution is 6.66. The van der Waals surface area contributed by atoms with Crippen molar-refractivity contribution in [2.24, 2.45) is 0 Å². The Morgan fingerprint density at radius 2 is 2.00 bits per heavy atom. The first-order valence-electron chi connectivity index (χ1n) is 4.99. The zero-order valence-corrected chi connectivity index (χ0v) is 10.5. The Bertz CT molecular complexity index is 490. The van der Waals surface area contributed by atoms with Gasteiger partial charge in [0, 0.05) is 12.6 Å². The van der Waals surface area contributed by atoms with E-state index in [9.17, 15) is 22.8 Å². The smallest absolute Gasteiger partial charge is 0.416 e. The van der Waals surface area contributed by atoms with Crippen molar-refractivity contribution in [2.45, 2.75) is 13.1 Å². The maximum absolute atomic E-state index is 12.5. The lowest BCUT2D eigenvalue weighted by Gasteiger charge is -2.20. The van der Waals surface area contributed by atoms with Gasteiger partial charge in [-0.2, -0.15) is 13.2 Å². The molecule has 8 heteroatoms. The molecule has 1 aromatic carbocycles. The van der Waals surface area contributed by atoms with Crippen LogP contribution in [0.2, 0.25) is 0 Å². The standard InChI is InChI=1S/C11H9ClF3NO3/c1-7(17)19-6-16(10(12)18)9-4-2-3-8(5-9)11(13,14)15/h2-5H,6H2,1H3. The molecule has 0 aliphatic heterocycles. The van der Waals surface area contributed by atoms with Gasteiger partial charge in [0.25, 0.3) is 0 Å². The molecule has 0 unspecified atom stereocenters. The predicted octanol–water partition coefficient (Wildman–Crippen LogP) is 3.39. The molecule has 0 fully saturated rings. The Morgan fingerprint density at radius 1 is 1.37 bits per heavy atom. The second kappa shape index (κ2) is 5.92. The van der Waals surface area contributed by atoms with Crippen molar-refractivity contribution >= 4 is 28.6 Å². The van der Waals surface area contributed by atoms with E-state index in [-0.39, 0.29) is 5.69 Å². The van der Waals surface area contributed by atoms with Crippen LogP contribution in [0.25, 0.3) is 0 Å². The number of halogens is 4. The molecule has 0 N–H and O–H groups in total. The fourth-order valence-electron chi connectivity index (χ4n) is 1.23. The number of amides is 1. The average Bonchev–Trinajstić information content (AvgIpc) is 2.27. The Balaban J connectivity index is 3.03. The largest absolute Gasteiger partial charge is 0.444 e. The highest BCUT2D eigenvalue weighted by atomic mass is 35.5. The van der Waals surface area contributed by atoms with Gasteiger partial charge >= 0.3 is 17.5 Å². The number of ether oxygens (including phenoxy) is 1. The van der Waals surface area contributed by atoms with Crippen molar-refractivity contribution in [3.05, 3.63) is 29.8 Å². The maximum Gasteiger partial charge on any atom is 0.416 e. The Labute approximate surface area is 111 Å². The number of esters is 1. The van der Waals surface area contributed by atoms with Crippen LogP contribution in [0.5, 0.6) is 0 Å². The van der Waals surface area contributed by atoms with E-state index in [1.54, 1.807) is 0 Å². The minimum absolute atomic E-state index is 0.115. The molecule has 1 amide bonds. The van der Waals surface area contributed by atoms with Crippen LogP contribution in [0.3, 0.4) is 0 Å². The van der Waals surface area contributed by atoms with E-state index in [1.807, 2.05) is 0 Å². The number of rotatable bonds is 3. The predicted molar refractivity (Wildman–Crippen MR) is 61.8 cm³/mol. The van der Waals surface area contributed by atoms with Crippen molar-refractivity contribution in [1.29, 1.82) is 0 Å². The van der Waals surface area contributed by atoms with Crippen molar-refractivity contribution in [3.63, 3.8) is 0 Å². The number of carbonyl (C=O) groups excluding carboxylic acids is 2. The Hall–Kier alpha value is -1.76. The lowest BCUT2D eigenvalue weighted by molar-refractivity contribution is -0.141. The lowest BCUT2D eigenvalue weighted by atomic mass is 10.2. The lowest BCUT2D eigenvalue weighted by Crippen LogP contribution is -2.29. The van der Waals surface area contributed by atoms with E-state index in [2.05, 4.69) is 4.74 Å². The van der Waals surface area contributed by atoms with Gasteiger partial charge in [-0.15, -0.1) is 0 Å². The monoisotopic (exact) mass is 295 g/mol. The number of alkyl halides is 3. The highest BCUT2D eigenvalue weighted by Crippen LogP contribution is 2.31. The number of hydrogen-bond acceptors (Lipinski definition) is 3. The SMILES string of the molecule is CC(=O)OCN(C(=O)Cl)c1cccc(C(F)(F)F)c1. The van der Waals surface area contributed by atoms with Gasteiger partial charge in [-0.25, -0.2) is 0 Å². The summed E-state index contributed by atoms with van der Waals surface area (Å²) >= 11 is 5.24. The maximum atomic E-state index is 12.5. The normalized spacial score (nSPS) is 11.0. The molecule has 0 saturated heterocycles. The molecule has 0 heterocycles. The molecule has 1 aromatic rings. The van der Waals surface area contributed by atoms with Crippen molar-refractivity contribution in [2.75, 3.05) is 11.6 Å². The number of hydrogen-bond donors (Lipinski definition) is 0. The topological polar surface area (TPSA) is 46.6 Å². The van der Waals surface area contributed by atoms with Crippen LogP contribution in [0.4, 0.5) is 23.7 Å². The van der Waals surface area contributed by atoms with Gasteiger partial charge in [0.2, 0.25) is 0 Å². The zero-order valence-electron chi connectivity index (χ0n) is 9.70. The van der Waals surface area contributed by atoms with Crippen LogP contribution in [0, 0.1) is 0 Å². The molecule has 0 bridgehead atoms. The number of benzene rings is 1. The Kier molecular flexibility index (Phi) is 4.77. The molecule has 0 spiro atoms. The zero-order chi connectivity index (χ0) is 14.6. The first kappa shape index (κ1) is 15.3. The summed E-state index contributed by atoms with van der Waals surface area (Å²) in [7, 11) is 0. The molecular formula is C11H9ClF3NO3. The van der Waals surface area contributed by atoms with E-state index in [0.29, 0.717) is 4.90 Å². The molecule has 0 aliphatic carbocycles. The summed E-state index contributed by atoms with van der Waals surface area (Å²) in [4.78, 5) is 22.5. The molecule has 104 valence electrons. The van der Waals surface area contributed by atoms with Gasteiger partial charge in [-0.3, -0.25) is 14.5 Å². The second-order valence-electron chi connectivity index (χ2n) is 3.49. The third-order valence-corrected chi connectivity index (χ3v) is 2.30. The van der Waals surface area contributed by atoms with Gasteiger partial charge in [0.05, 0.1) is 5.56 Å². The fraction of sp³-hybridized carbons (Fsp3) is 0.273. The molecule has 0 radical (unpaired) electrons. The highest BCUT2D eigenvalue weighted by Gasteiger charge is 2.31. The summed E-state index contributed by atoms with van der Waals surface area (Å²) in [5.41, 5.74) is -1.05.